The molecular formula is C10H14O3. The summed E-state index contributed by atoms with van der Waals surface area (Å²) in [5.74, 6) is 4.25. The average molecular weight is 182 g/mol. The van der Waals surface area contributed by atoms with E-state index in [4.69, 9.17) is 9.47 Å². The molecule has 0 saturated carbocycles. The highest BCUT2D eigenvalue weighted by atomic mass is 16.5. The van der Waals surface area contributed by atoms with Gasteiger partial charge in [0.2, 0.25) is 0 Å². The van der Waals surface area contributed by atoms with Gasteiger partial charge >= 0.3 is 5.97 Å². The Labute approximate surface area is 78.7 Å². The highest BCUT2D eigenvalue weighted by molar-refractivity contribution is 5.88. The lowest BCUT2D eigenvalue weighted by Gasteiger charge is -2.04. The monoisotopic (exact) mass is 182 g/mol. The van der Waals surface area contributed by atoms with Crippen molar-refractivity contribution in [3.05, 3.63) is 12.2 Å². The predicted octanol–water partition coefficient (Wildman–Crippen LogP) is 1.14. The molecule has 3 heteroatoms. The highest BCUT2D eigenvalue weighted by Gasteiger charge is 2.01. The second-order valence-electron chi connectivity index (χ2n) is 2.37. The molecule has 0 aromatic carbocycles. The van der Waals surface area contributed by atoms with E-state index in [1.54, 1.807) is 33.1 Å². The van der Waals surface area contributed by atoms with Crippen LogP contribution in [0.15, 0.2) is 12.2 Å². The summed E-state index contributed by atoms with van der Waals surface area (Å²) in [7, 11) is 1.60. The molecule has 0 saturated heterocycles. The molecule has 3 nitrogen and oxygen atoms in total. The molecular weight excluding hydrogens is 168 g/mol. The van der Waals surface area contributed by atoms with Gasteiger partial charge in [0.1, 0.15) is 6.10 Å². The third-order valence-electron chi connectivity index (χ3n) is 1.19. The summed E-state index contributed by atoms with van der Waals surface area (Å²) in [5, 5.41) is 0. The van der Waals surface area contributed by atoms with E-state index in [1.165, 1.54) is 0 Å². The molecule has 0 aromatic heterocycles. The third-order valence-corrected chi connectivity index (χ3v) is 1.19. The van der Waals surface area contributed by atoms with Gasteiger partial charge in [-0.1, -0.05) is 12.0 Å². The maximum Gasteiger partial charge on any atom is 0.384 e. The smallest absolute Gasteiger partial charge is 0.384 e. The minimum Gasteiger partial charge on any atom is -0.449 e. The van der Waals surface area contributed by atoms with Crippen molar-refractivity contribution < 1.29 is 14.3 Å². The fraction of sp³-hybridized carbons (Fsp3) is 0.500. The Morgan fingerprint density at radius 3 is 2.85 bits per heavy atom. The number of carbonyl (C=O) groups is 1. The zero-order valence-electron chi connectivity index (χ0n) is 8.16. The third kappa shape index (κ3) is 7.10. The Balaban J connectivity index is 3.77. The molecule has 0 aliphatic rings. The number of methoxy groups -OCH3 is 1. The van der Waals surface area contributed by atoms with Gasteiger partial charge in [0.25, 0.3) is 0 Å². The van der Waals surface area contributed by atoms with Gasteiger partial charge in [0.15, 0.2) is 0 Å². The molecule has 0 aliphatic carbocycles. The zero-order chi connectivity index (χ0) is 10.1. The van der Waals surface area contributed by atoms with Crippen LogP contribution in [0.3, 0.4) is 0 Å². The van der Waals surface area contributed by atoms with Crippen LogP contribution in [0.2, 0.25) is 0 Å². The number of esters is 1. The molecule has 0 aliphatic heterocycles. The summed E-state index contributed by atoms with van der Waals surface area (Å²) in [4.78, 5) is 10.8. The lowest BCUT2D eigenvalue weighted by molar-refractivity contribution is -0.139. The summed E-state index contributed by atoms with van der Waals surface area (Å²) in [5.41, 5.74) is 0. The Bertz CT molecular complexity index is 232. The number of hydrogen-bond acceptors (Lipinski definition) is 3. The van der Waals surface area contributed by atoms with Crippen molar-refractivity contribution >= 4 is 5.97 Å². The van der Waals surface area contributed by atoms with E-state index in [9.17, 15) is 4.79 Å². The molecule has 0 heterocycles. The molecule has 0 amide bonds. The van der Waals surface area contributed by atoms with Crippen LogP contribution >= 0.6 is 0 Å². The first-order valence-electron chi connectivity index (χ1n) is 3.99. The van der Waals surface area contributed by atoms with E-state index in [2.05, 4.69) is 11.8 Å². The Morgan fingerprint density at radius 2 is 2.31 bits per heavy atom. The van der Waals surface area contributed by atoms with Crippen LogP contribution in [0.25, 0.3) is 0 Å². The zero-order valence-corrected chi connectivity index (χ0v) is 8.16. The number of rotatable bonds is 4. The molecule has 72 valence electrons. The van der Waals surface area contributed by atoms with Crippen molar-refractivity contribution in [3.8, 4) is 11.8 Å². The van der Waals surface area contributed by atoms with Crippen LogP contribution in [0.4, 0.5) is 0 Å². The minimum absolute atomic E-state index is 0.261. The van der Waals surface area contributed by atoms with E-state index in [0.29, 0.717) is 6.61 Å². The van der Waals surface area contributed by atoms with E-state index in [-0.39, 0.29) is 6.10 Å². The van der Waals surface area contributed by atoms with Gasteiger partial charge in [0, 0.05) is 13.0 Å². The van der Waals surface area contributed by atoms with Crippen molar-refractivity contribution in [2.24, 2.45) is 0 Å². The molecule has 0 bridgehead atoms. The Kier molecular flexibility index (Phi) is 6.66. The largest absolute Gasteiger partial charge is 0.449 e. The fourth-order valence-electron chi connectivity index (χ4n) is 0.683. The first kappa shape index (κ1) is 11.7. The fourth-order valence-corrected chi connectivity index (χ4v) is 0.683. The van der Waals surface area contributed by atoms with Crippen LogP contribution < -0.4 is 0 Å². The summed E-state index contributed by atoms with van der Waals surface area (Å²) in [6.45, 7) is 3.87. The molecule has 0 spiro atoms. The summed E-state index contributed by atoms with van der Waals surface area (Å²) < 4.78 is 9.67. The summed E-state index contributed by atoms with van der Waals surface area (Å²) in [6, 6.07) is 0. The van der Waals surface area contributed by atoms with E-state index < -0.39 is 5.97 Å². The topological polar surface area (TPSA) is 35.5 Å². The number of hydrogen-bond donors (Lipinski definition) is 0. The van der Waals surface area contributed by atoms with Gasteiger partial charge in [-0.2, -0.15) is 0 Å². The maximum atomic E-state index is 10.8. The highest BCUT2D eigenvalue weighted by Crippen LogP contribution is 1.93. The van der Waals surface area contributed by atoms with Crippen molar-refractivity contribution in [2.45, 2.75) is 20.0 Å². The van der Waals surface area contributed by atoms with E-state index in [0.717, 1.165) is 0 Å². The van der Waals surface area contributed by atoms with Gasteiger partial charge in [-0.15, -0.1) is 0 Å². The van der Waals surface area contributed by atoms with Crippen LogP contribution in [-0.4, -0.2) is 25.8 Å². The maximum absolute atomic E-state index is 10.8. The Hall–Kier alpha value is -1.27. The Morgan fingerprint density at radius 1 is 1.62 bits per heavy atom. The molecule has 0 fully saturated rings. The first-order chi connectivity index (χ1) is 6.20. The van der Waals surface area contributed by atoms with Crippen molar-refractivity contribution in [3.63, 3.8) is 0 Å². The van der Waals surface area contributed by atoms with Gasteiger partial charge in [-0.05, 0) is 19.9 Å². The minimum atomic E-state index is -0.503. The predicted molar refractivity (Wildman–Crippen MR) is 50.0 cm³/mol. The number of carbonyl (C=O) groups excluding carboxylic acids is 1. The van der Waals surface area contributed by atoms with Crippen LogP contribution in [0.1, 0.15) is 13.8 Å². The lowest BCUT2D eigenvalue weighted by atomic mass is 10.3. The van der Waals surface area contributed by atoms with E-state index in [1.807, 2.05) is 0 Å². The van der Waals surface area contributed by atoms with Gasteiger partial charge < -0.3 is 9.47 Å². The van der Waals surface area contributed by atoms with Gasteiger partial charge in [-0.3, -0.25) is 0 Å². The average Bonchev–Trinajstić information content (AvgIpc) is 2.05. The molecule has 13 heavy (non-hydrogen) atoms. The second kappa shape index (κ2) is 7.38. The van der Waals surface area contributed by atoms with Gasteiger partial charge in [0.05, 0.1) is 6.61 Å². The van der Waals surface area contributed by atoms with Crippen molar-refractivity contribution in [1.29, 1.82) is 0 Å². The van der Waals surface area contributed by atoms with Crippen LogP contribution in [0, 0.1) is 11.8 Å². The molecule has 0 rings (SSSR count). The standard InChI is InChI=1S/C10H14O3/c1-4-6-10(11)13-9(2)7-5-8-12-3/h5,7,9H,8H2,1-3H3/b7-5+/t9-/m0/s1. The lowest BCUT2D eigenvalue weighted by Crippen LogP contribution is -2.10. The van der Waals surface area contributed by atoms with Crippen LogP contribution in [0.5, 0.6) is 0 Å². The molecule has 0 N–H and O–H groups in total. The summed E-state index contributed by atoms with van der Waals surface area (Å²) >= 11 is 0. The SMILES string of the molecule is CC#CC(=O)O[C@@H](C)/C=C/COC. The number of ether oxygens (including phenoxy) is 2. The van der Waals surface area contributed by atoms with Crippen molar-refractivity contribution in [2.75, 3.05) is 13.7 Å². The van der Waals surface area contributed by atoms with Crippen LogP contribution in [-0.2, 0) is 14.3 Å². The molecule has 0 radical (unpaired) electrons. The molecule has 0 unspecified atom stereocenters. The molecule has 0 aromatic rings. The first-order valence-corrected chi connectivity index (χ1v) is 3.99. The summed E-state index contributed by atoms with van der Waals surface area (Å²) in [6.07, 6.45) is 3.28. The van der Waals surface area contributed by atoms with Gasteiger partial charge in [-0.25, -0.2) is 4.79 Å². The quantitative estimate of drug-likeness (QED) is 0.283. The second-order valence-corrected chi connectivity index (χ2v) is 2.37. The normalized spacial score (nSPS) is 11.9. The van der Waals surface area contributed by atoms with E-state index >= 15 is 0 Å². The van der Waals surface area contributed by atoms with Crippen molar-refractivity contribution in [1.82, 2.24) is 0 Å². The molecule has 1 atom stereocenters.